The highest BCUT2D eigenvalue weighted by molar-refractivity contribution is 5.76. The van der Waals surface area contributed by atoms with E-state index < -0.39 is 0 Å². The van der Waals surface area contributed by atoms with Gasteiger partial charge < -0.3 is 14.8 Å². The first kappa shape index (κ1) is 18.4. The fourth-order valence-corrected chi connectivity index (χ4v) is 3.60. The largest absolute Gasteiger partial charge is 0.378 e. The zero-order chi connectivity index (χ0) is 17.5. The predicted octanol–water partition coefficient (Wildman–Crippen LogP) is 2.35. The molecule has 3 atom stereocenters. The number of carbonyl (C=O) groups is 1. The molecule has 0 saturated carbocycles. The summed E-state index contributed by atoms with van der Waals surface area (Å²) < 4.78 is 11.6. The van der Waals surface area contributed by atoms with Crippen molar-refractivity contribution in [3.8, 4) is 0 Å². The summed E-state index contributed by atoms with van der Waals surface area (Å²) >= 11 is 0. The number of nitrogens with zero attached hydrogens (tertiary/aromatic N) is 1. The summed E-state index contributed by atoms with van der Waals surface area (Å²) in [5.41, 5.74) is 1.31. The van der Waals surface area contributed by atoms with Crippen molar-refractivity contribution in [2.24, 2.45) is 0 Å². The second kappa shape index (κ2) is 9.32. The van der Waals surface area contributed by atoms with Gasteiger partial charge in [0.05, 0.1) is 31.3 Å². The number of nitrogens with one attached hydrogen (secondary N) is 1. The average Bonchev–Trinajstić information content (AvgIpc) is 2.63. The number of amides is 1. The molecule has 1 amide bonds. The van der Waals surface area contributed by atoms with Gasteiger partial charge in [0.2, 0.25) is 5.91 Å². The van der Waals surface area contributed by atoms with Gasteiger partial charge in [-0.2, -0.15) is 0 Å². The monoisotopic (exact) mass is 346 g/mol. The standard InChI is InChI=1S/C20H30N2O3/c1-16(21-20(23)13-18-9-5-6-11-24-18)19-15-22(10-12-25-19)14-17-7-3-2-4-8-17/h2-4,7-8,16,18-19H,5-6,9-15H2,1H3,(H,21,23)/t16-,18+,19+/m0/s1. The third-order valence-corrected chi connectivity index (χ3v) is 5.06. The van der Waals surface area contributed by atoms with E-state index in [4.69, 9.17) is 9.47 Å². The fourth-order valence-electron chi connectivity index (χ4n) is 3.60. The van der Waals surface area contributed by atoms with Gasteiger partial charge in [0.15, 0.2) is 0 Å². The summed E-state index contributed by atoms with van der Waals surface area (Å²) in [5.74, 6) is 0.0724. The van der Waals surface area contributed by atoms with Gasteiger partial charge in [-0.15, -0.1) is 0 Å². The van der Waals surface area contributed by atoms with E-state index in [9.17, 15) is 4.79 Å². The van der Waals surface area contributed by atoms with Crippen molar-refractivity contribution in [1.29, 1.82) is 0 Å². The maximum absolute atomic E-state index is 12.3. The Kier molecular flexibility index (Phi) is 6.84. The van der Waals surface area contributed by atoms with E-state index in [1.807, 2.05) is 13.0 Å². The van der Waals surface area contributed by atoms with Crippen molar-refractivity contribution >= 4 is 5.91 Å². The smallest absolute Gasteiger partial charge is 0.222 e. The molecule has 2 saturated heterocycles. The molecule has 5 nitrogen and oxygen atoms in total. The Bertz CT molecular complexity index is 531. The summed E-state index contributed by atoms with van der Waals surface area (Å²) in [4.78, 5) is 14.7. The number of benzene rings is 1. The third kappa shape index (κ3) is 5.80. The van der Waals surface area contributed by atoms with Crippen LogP contribution in [-0.4, -0.2) is 55.4 Å². The first-order valence-electron chi connectivity index (χ1n) is 9.49. The molecule has 0 spiro atoms. The van der Waals surface area contributed by atoms with Crippen molar-refractivity contribution in [3.05, 3.63) is 35.9 Å². The first-order chi connectivity index (χ1) is 12.2. The van der Waals surface area contributed by atoms with Gasteiger partial charge in [0.25, 0.3) is 0 Å². The first-order valence-corrected chi connectivity index (χ1v) is 9.49. The van der Waals surface area contributed by atoms with Crippen LogP contribution in [0.2, 0.25) is 0 Å². The number of hydrogen-bond donors (Lipinski definition) is 1. The molecule has 2 aliphatic heterocycles. The number of hydrogen-bond acceptors (Lipinski definition) is 4. The molecule has 0 aromatic heterocycles. The molecule has 5 heteroatoms. The van der Waals surface area contributed by atoms with Crippen molar-refractivity contribution in [3.63, 3.8) is 0 Å². The quantitative estimate of drug-likeness (QED) is 0.859. The maximum Gasteiger partial charge on any atom is 0.222 e. The number of carbonyl (C=O) groups excluding carboxylic acids is 1. The lowest BCUT2D eigenvalue weighted by Gasteiger charge is -2.36. The zero-order valence-electron chi connectivity index (χ0n) is 15.2. The normalized spacial score (nSPS) is 26.1. The van der Waals surface area contributed by atoms with Crippen LogP contribution < -0.4 is 5.32 Å². The Hall–Kier alpha value is -1.43. The Balaban J connectivity index is 1.44. The minimum absolute atomic E-state index is 0.00895. The SMILES string of the molecule is C[C@H](NC(=O)C[C@H]1CCCCO1)[C@H]1CN(Cc2ccccc2)CCO1. The lowest BCUT2D eigenvalue weighted by atomic mass is 10.1. The minimum Gasteiger partial charge on any atom is -0.378 e. The van der Waals surface area contributed by atoms with Crippen molar-refractivity contribution < 1.29 is 14.3 Å². The van der Waals surface area contributed by atoms with Crippen LogP contribution in [0.4, 0.5) is 0 Å². The maximum atomic E-state index is 12.3. The summed E-state index contributed by atoms with van der Waals surface area (Å²) in [7, 11) is 0. The van der Waals surface area contributed by atoms with Crippen LogP contribution >= 0.6 is 0 Å². The Morgan fingerprint density at radius 2 is 2.08 bits per heavy atom. The predicted molar refractivity (Wildman–Crippen MR) is 97.3 cm³/mol. The highest BCUT2D eigenvalue weighted by Crippen LogP contribution is 2.16. The van der Waals surface area contributed by atoms with Gasteiger partial charge in [0, 0.05) is 26.2 Å². The van der Waals surface area contributed by atoms with Crippen molar-refractivity contribution in [1.82, 2.24) is 10.2 Å². The highest BCUT2D eigenvalue weighted by atomic mass is 16.5. The Morgan fingerprint density at radius 1 is 1.24 bits per heavy atom. The molecule has 138 valence electrons. The highest BCUT2D eigenvalue weighted by Gasteiger charge is 2.27. The van der Waals surface area contributed by atoms with E-state index in [1.165, 1.54) is 5.56 Å². The molecule has 2 aliphatic rings. The van der Waals surface area contributed by atoms with Gasteiger partial charge in [-0.3, -0.25) is 9.69 Å². The summed E-state index contributed by atoms with van der Waals surface area (Å²) in [6, 6.07) is 10.5. The molecule has 3 rings (SSSR count). The van der Waals surface area contributed by atoms with Crippen LogP contribution in [0.3, 0.4) is 0 Å². The molecule has 0 aliphatic carbocycles. The van der Waals surface area contributed by atoms with Crippen LogP contribution in [0, 0.1) is 0 Å². The van der Waals surface area contributed by atoms with E-state index in [1.54, 1.807) is 0 Å². The van der Waals surface area contributed by atoms with Gasteiger partial charge in [-0.05, 0) is 31.7 Å². The molecule has 0 unspecified atom stereocenters. The van der Waals surface area contributed by atoms with Crippen LogP contribution in [0.1, 0.15) is 38.2 Å². The Morgan fingerprint density at radius 3 is 2.84 bits per heavy atom. The van der Waals surface area contributed by atoms with Crippen LogP contribution in [0.15, 0.2) is 30.3 Å². The van der Waals surface area contributed by atoms with E-state index >= 15 is 0 Å². The van der Waals surface area contributed by atoms with Gasteiger partial charge in [-0.25, -0.2) is 0 Å². The van der Waals surface area contributed by atoms with Gasteiger partial charge in [0.1, 0.15) is 0 Å². The second-order valence-electron chi connectivity index (χ2n) is 7.18. The molecular formula is C20H30N2O3. The molecule has 0 bridgehead atoms. The second-order valence-corrected chi connectivity index (χ2v) is 7.18. The van der Waals surface area contributed by atoms with E-state index in [2.05, 4.69) is 34.5 Å². The molecule has 0 radical (unpaired) electrons. The molecule has 1 N–H and O–H groups in total. The molecule has 1 aromatic rings. The fraction of sp³-hybridized carbons (Fsp3) is 0.650. The van der Waals surface area contributed by atoms with Gasteiger partial charge >= 0.3 is 0 Å². The van der Waals surface area contributed by atoms with Crippen molar-refractivity contribution in [2.45, 2.75) is 57.4 Å². The Labute approximate surface area is 150 Å². The summed E-state index contributed by atoms with van der Waals surface area (Å²) in [5, 5.41) is 3.11. The van der Waals surface area contributed by atoms with Gasteiger partial charge in [-0.1, -0.05) is 30.3 Å². The van der Waals surface area contributed by atoms with E-state index in [0.29, 0.717) is 13.0 Å². The average molecular weight is 346 g/mol. The van der Waals surface area contributed by atoms with E-state index in [0.717, 1.165) is 45.5 Å². The molecule has 1 aromatic carbocycles. The molecule has 25 heavy (non-hydrogen) atoms. The molecule has 2 heterocycles. The minimum atomic E-state index is 0.00895. The van der Waals surface area contributed by atoms with Crippen molar-refractivity contribution in [2.75, 3.05) is 26.3 Å². The third-order valence-electron chi connectivity index (χ3n) is 5.06. The van der Waals surface area contributed by atoms with Crippen LogP contribution in [0.25, 0.3) is 0 Å². The van der Waals surface area contributed by atoms with E-state index in [-0.39, 0.29) is 24.2 Å². The summed E-state index contributed by atoms with van der Waals surface area (Å²) in [6.07, 6.45) is 3.85. The zero-order valence-corrected chi connectivity index (χ0v) is 15.2. The summed E-state index contributed by atoms with van der Waals surface area (Å²) in [6.45, 7) is 6.24. The van der Waals surface area contributed by atoms with Crippen LogP contribution in [0.5, 0.6) is 0 Å². The topological polar surface area (TPSA) is 50.8 Å². The number of ether oxygens (including phenoxy) is 2. The number of rotatable bonds is 6. The van der Waals surface area contributed by atoms with Crippen LogP contribution in [-0.2, 0) is 20.8 Å². The number of morpholine rings is 1. The molecule has 2 fully saturated rings. The lowest BCUT2D eigenvalue weighted by molar-refractivity contribution is -0.127. The molecular weight excluding hydrogens is 316 g/mol. The lowest BCUT2D eigenvalue weighted by Crippen LogP contribution is -2.52.